The minimum atomic E-state index is -0.427. The smallest absolute Gasteiger partial charge is 0.251 e. The van der Waals surface area contributed by atoms with Crippen molar-refractivity contribution < 1.29 is 14.0 Å². The molecule has 1 unspecified atom stereocenters. The van der Waals surface area contributed by atoms with Crippen LogP contribution in [0.1, 0.15) is 67.3 Å². The Morgan fingerprint density at radius 1 is 0.912 bits per heavy atom. The fraction of sp³-hybridized carbons (Fsp3) is 0.481. The third-order valence-electron chi connectivity index (χ3n) is 8.05. The molecule has 5 nitrogen and oxygen atoms in total. The fourth-order valence-electron chi connectivity index (χ4n) is 5.91. The zero-order valence-corrected chi connectivity index (χ0v) is 19.8. The summed E-state index contributed by atoms with van der Waals surface area (Å²) in [6.07, 6.45) is 7.32. The normalized spacial score (nSPS) is 26.8. The number of piperidine rings is 1. The highest BCUT2D eigenvalue weighted by Gasteiger charge is 2.52. The number of halogens is 2. The first-order valence-electron chi connectivity index (χ1n) is 12.4. The van der Waals surface area contributed by atoms with Crippen LogP contribution in [0.2, 0.25) is 5.02 Å². The van der Waals surface area contributed by atoms with Crippen LogP contribution in [0.25, 0.3) is 0 Å². The van der Waals surface area contributed by atoms with E-state index in [1.165, 1.54) is 6.07 Å². The lowest BCUT2D eigenvalue weighted by Crippen LogP contribution is -2.52. The van der Waals surface area contributed by atoms with Gasteiger partial charge >= 0.3 is 0 Å². The van der Waals surface area contributed by atoms with Crippen molar-refractivity contribution in [1.82, 2.24) is 10.6 Å². The Kier molecular flexibility index (Phi) is 5.32. The molecule has 2 saturated heterocycles. The van der Waals surface area contributed by atoms with Gasteiger partial charge in [-0.15, -0.1) is 0 Å². The molecule has 178 valence electrons. The summed E-state index contributed by atoms with van der Waals surface area (Å²) in [4.78, 5) is 27.7. The molecule has 3 atom stereocenters. The molecule has 2 aromatic rings. The zero-order valence-electron chi connectivity index (χ0n) is 19.0. The van der Waals surface area contributed by atoms with Crippen LogP contribution in [0.3, 0.4) is 0 Å². The van der Waals surface area contributed by atoms with E-state index in [1.807, 2.05) is 24.3 Å². The Morgan fingerprint density at radius 3 is 2.18 bits per heavy atom. The summed E-state index contributed by atoms with van der Waals surface area (Å²) in [6.45, 7) is 0. The van der Waals surface area contributed by atoms with Crippen molar-refractivity contribution >= 4 is 29.1 Å². The second kappa shape index (κ2) is 8.26. The molecular formula is C27H29ClFN3O2. The molecule has 2 aliphatic carbocycles. The van der Waals surface area contributed by atoms with Crippen molar-refractivity contribution in [3.8, 4) is 0 Å². The predicted molar refractivity (Wildman–Crippen MR) is 130 cm³/mol. The van der Waals surface area contributed by atoms with Crippen LogP contribution in [-0.4, -0.2) is 36.0 Å². The average Bonchev–Trinajstić information content (AvgIpc) is 3.73. The van der Waals surface area contributed by atoms with Crippen molar-refractivity contribution in [3.63, 3.8) is 0 Å². The first-order valence-corrected chi connectivity index (χ1v) is 12.8. The summed E-state index contributed by atoms with van der Waals surface area (Å²) < 4.78 is 15.1. The van der Waals surface area contributed by atoms with Gasteiger partial charge in [0.25, 0.3) is 5.91 Å². The molecule has 7 heteroatoms. The van der Waals surface area contributed by atoms with E-state index in [1.54, 1.807) is 12.1 Å². The molecule has 34 heavy (non-hydrogen) atoms. The van der Waals surface area contributed by atoms with Gasteiger partial charge in [0, 0.05) is 34.8 Å². The van der Waals surface area contributed by atoms with Gasteiger partial charge in [-0.3, -0.25) is 9.59 Å². The van der Waals surface area contributed by atoms with Crippen LogP contribution in [0.4, 0.5) is 10.1 Å². The SMILES string of the molecule is O=C(NC1CC1)c1ccc(N2[C@@H]3CC[C@H]2CC(NC(=O)C2(c4ccc(Cl)cc4)CC2)C3)c(F)c1. The highest BCUT2D eigenvalue weighted by atomic mass is 35.5. The van der Waals surface area contributed by atoms with Crippen molar-refractivity contribution in [1.29, 1.82) is 0 Å². The molecule has 4 aliphatic rings. The molecule has 2 bridgehead atoms. The second-order valence-corrected chi connectivity index (χ2v) is 10.9. The maximum Gasteiger partial charge on any atom is 0.251 e. The van der Waals surface area contributed by atoms with Gasteiger partial charge in [-0.05, 0) is 87.3 Å². The first-order chi connectivity index (χ1) is 16.4. The van der Waals surface area contributed by atoms with Crippen LogP contribution in [0.15, 0.2) is 42.5 Å². The molecule has 2 N–H and O–H groups in total. The molecule has 2 aliphatic heterocycles. The molecule has 0 radical (unpaired) electrons. The number of carbonyl (C=O) groups excluding carboxylic acids is 2. The molecule has 0 spiro atoms. The third kappa shape index (κ3) is 3.96. The lowest BCUT2D eigenvalue weighted by Gasteiger charge is -2.41. The highest BCUT2D eigenvalue weighted by molar-refractivity contribution is 6.30. The number of fused-ring (bicyclic) bond motifs is 2. The number of nitrogens with one attached hydrogen (secondary N) is 2. The quantitative estimate of drug-likeness (QED) is 0.627. The molecule has 2 aromatic carbocycles. The number of carbonyl (C=O) groups is 2. The molecule has 0 aromatic heterocycles. The highest BCUT2D eigenvalue weighted by Crippen LogP contribution is 2.49. The topological polar surface area (TPSA) is 61.4 Å². The monoisotopic (exact) mass is 481 g/mol. The zero-order chi connectivity index (χ0) is 23.4. The van der Waals surface area contributed by atoms with E-state index in [2.05, 4.69) is 15.5 Å². The van der Waals surface area contributed by atoms with Crippen LogP contribution in [0, 0.1) is 5.82 Å². The Morgan fingerprint density at radius 2 is 1.59 bits per heavy atom. The maximum absolute atomic E-state index is 15.1. The lowest BCUT2D eigenvalue weighted by molar-refractivity contribution is -0.124. The third-order valence-corrected chi connectivity index (χ3v) is 8.30. The van der Waals surface area contributed by atoms with E-state index in [9.17, 15) is 9.59 Å². The number of anilines is 1. The van der Waals surface area contributed by atoms with Gasteiger partial charge in [-0.25, -0.2) is 4.39 Å². The summed E-state index contributed by atoms with van der Waals surface area (Å²) in [5.41, 5.74) is 1.55. The molecule has 2 heterocycles. The number of hydrogen-bond donors (Lipinski definition) is 2. The standard InChI is InChI=1S/C27H29ClFN3O2/c28-18-4-2-17(3-5-18)27(11-12-27)26(34)31-20-14-21-8-9-22(15-20)32(21)24-10-1-16(13-23(24)29)25(33)30-19-6-7-19/h1-5,10,13,19-22H,6-9,11-12,14-15H2,(H,30,33)(H,31,34)/t20?,21-,22+. The van der Waals surface area contributed by atoms with E-state index >= 15 is 4.39 Å². The van der Waals surface area contributed by atoms with Crippen molar-refractivity contribution in [2.45, 2.75) is 80.9 Å². The number of hydrogen-bond acceptors (Lipinski definition) is 3. The van der Waals surface area contributed by atoms with Crippen LogP contribution < -0.4 is 15.5 Å². The van der Waals surface area contributed by atoms with Crippen molar-refractivity contribution in [2.75, 3.05) is 4.90 Å². The Hall–Kier alpha value is -2.60. The van der Waals surface area contributed by atoms with Gasteiger partial charge in [0.15, 0.2) is 0 Å². The summed E-state index contributed by atoms with van der Waals surface area (Å²) in [5.74, 6) is -0.445. The number of amides is 2. The van der Waals surface area contributed by atoms with Gasteiger partial charge in [0.05, 0.1) is 11.1 Å². The van der Waals surface area contributed by atoms with Gasteiger partial charge in [-0.1, -0.05) is 23.7 Å². The van der Waals surface area contributed by atoms with E-state index in [4.69, 9.17) is 11.6 Å². The van der Waals surface area contributed by atoms with Crippen LogP contribution in [-0.2, 0) is 10.2 Å². The Labute approximate surface area is 204 Å². The van der Waals surface area contributed by atoms with Gasteiger partial charge in [0.2, 0.25) is 5.91 Å². The largest absolute Gasteiger partial charge is 0.363 e. The molecule has 4 fully saturated rings. The predicted octanol–water partition coefficient (Wildman–Crippen LogP) is 4.72. The summed E-state index contributed by atoms with van der Waals surface area (Å²) >= 11 is 6.03. The summed E-state index contributed by atoms with van der Waals surface area (Å²) in [7, 11) is 0. The number of nitrogens with zero attached hydrogens (tertiary/aromatic N) is 1. The Balaban J connectivity index is 1.13. The second-order valence-electron chi connectivity index (χ2n) is 10.4. The average molecular weight is 482 g/mol. The minimum Gasteiger partial charge on any atom is -0.363 e. The van der Waals surface area contributed by atoms with Gasteiger partial charge in [-0.2, -0.15) is 0 Å². The van der Waals surface area contributed by atoms with Crippen molar-refractivity contribution in [2.24, 2.45) is 0 Å². The maximum atomic E-state index is 15.1. The minimum absolute atomic E-state index is 0.0951. The number of benzene rings is 2. The molecule has 2 amide bonds. The lowest BCUT2D eigenvalue weighted by atomic mass is 9.92. The van der Waals surface area contributed by atoms with E-state index in [0.717, 1.165) is 56.9 Å². The summed E-state index contributed by atoms with van der Waals surface area (Å²) in [6, 6.07) is 13.2. The van der Waals surface area contributed by atoms with Crippen molar-refractivity contribution in [3.05, 3.63) is 64.4 Å². The van der Waals surface area contributed by atoms with E-state index in [-0.39, 0.29) is 41.8 Å². The molecule has 6 rings (SSSR count). The van der Waals surface area contributed by atoms with Crippen LogP contribution in [0.5, 0.6) is 0 Å². The van der Waals surface area contributed by atoms with E-state index < -0.39 is 5.41 Å². The van der Waals surface area contributed by atoms with Gasteiger partial charge < -0.3 is 15.5 Å². The molecule has 2 saturated carbocycles. The van der Waals surface area contributed by atoms with E-state index in [0.29, 0.717) is 16.3 Å². The summed E-state index contributed by atoms with van der Waals surface area (Å²) in [5, 5.41) is 6.91. The van der Waals surface area contributed by atoms with Crippen LogP contribution >= 0.6 is 11.6 Å². The number of rotatable bonds is 6. The first kappa shape index (κ1) is 21.9. The van der Waals surface area contributed by atoms with Gasteiger partial charge in [0.1, 0.15) is 5.82 Å². The molecular weight excluding hydrogens is 453 g/mol. The fourth-order valence-corrected chi connectivity index (χ4v) is 6.03. The Bertz CT molecular complexity index is 1120.